The van der Waals surface area contributed by atoms with Gasteiger partial charge < -0.3 is 9.80 Å². The van der Waals surface area contributed by atoms with E-state index in [1.807, 2.05) is 81.4 Å². The fourth-order valence-electron chi connectivity index (χ4n) is 3.56. The summed E-state index contributed by atoms with van der Waals surface area (Å²) in [6.07, 6.45) is 0. The summed E-state index contributed by atoms with van der Waals surface area (Å²) in [5.41, 5.74) is 2.08. The molecule has 1 heterocycles. The van der Waals surface area contributed by atoms with E-state index in [1.54, 1.807) is 9.80 Å². The quantitative estimate of drug-likeness (QED) is 0.856. The van der Waals surface area contributed by atoms with Crippen molar-refractivity contribution >= 4 is 11.8 Å². The second-order valence-electron chi connectivity index (χ2n) is 6.62. The third-order valence-corrected chi connectivity index (χ3v) is 5.10. The van der Waals surface area contributed by atoms with Crippen LogP contribution in [0.1, 0.15) is 44.0 Å². The van der Waals surface area contributed by atoms with Crippen LogP contribution in [0.25, 0.3) is 0 Å². The Labute approximate surface area is 149 Å². The fourth-order valence-corrected chi connectivity index (χ4v) is 3.56. The van der Waals surface area contributed by atoms with Crippen molar-refractivity contribution in [3.05, 3.63) is 71.8 Å². The molecule has 2 amide bonds. The van der Waals surface area contributed by atoms with Crippen LogP contribution in [0, 0.1) is 0 Å². The molecule has 1 aliphatic rings. The van der Waals surface area contributed by atoms with E-state index in [0.29, 0.717) is 0 Å². The number of hydrogen-bond donors (Lipinski definition) is 0. The first kappa shape index (κ1) is 17.2. The zero-order chi connectivity index (χ0) is 18.0. The van der Waals surface area contributed by atoms with Crippen molar-refractivity contribution in [2.45, 2.75) is 38.9 Å². The van der Waals surface area contributed by atoms with E-state index in [-0.39, 0.29) is 30.4 Å². The minimum Gasteiger partial charge on any atom is -0.325 e. The van der Waals surface area contributed by atoms with Gasteiger partial charge in [0.2, 0.25) is 11.8 Å². The van der Waals surface area contributed by atoms with Crippen molar-refractivity contribution < 1.29 is 9.59 Å². The zero-order valence-corrected chi connectivity index (χ0v) is 14.9. The highest BCUT2D eigenvalue weighted by Gasteiger charge is 2.41. The number of hydrogen-bond acceptors (Lipinski definition) is 2. The first-order valence-electron chi connectivity index (χ1n) is 8.72. The third-order valence-electron chi connectivity index (χ3n) is 5.10. The Kier molecular flexibility index (Phi) is 4.88. The highest BCUT2D eigenvalue weighted by Crippen LogP contribution is 2.30. The lowest BCUT2D eigenvalue weighted by atomic mass is 10.00. The summed E-state index contributed by atoms with van der Waals surface area (Å²) >= 11 is 0. The van der Waals surface area contributed by atoms with E-state index in [9.17, 15) is 9.59 Å². The molecule has 0 unspecified atom stereocenters. The number of amides is 2. The first-order chi connectivity index (χ1) is 12.0. The molecule has 2 aromatic rings. The number of carbonyl (C=O) groups is 2. The Morgan fingerprint density at radius 1 is 0.840 bits per heavy atom. The molecule has 0 bridgehead atoms. The van der Waals surface area contributed by atoms with Gasteiger partial charge in [0.25, 0.3) is 0 Å². The van der Waals surface area contributed by atoms with E-state index < -0.39 is 6.04 Å². The molecule has 25 heavy (non-hydrogen) atoms. The molecule has 3 rings (SSSR count). The van der Waals surface area contributed by atoms with Crippen molar-refractivity contribution in [2.75, 3.05) is 6.54 Å². The summed E-state index contributed by atoms with van der Waals surface area (Å²) in [6.45, 7) is 5.90. The van der Waals surface area contributed by atoms with Gasteiger partial charge >= 0.3 is 0 Å². The van der Waals surface area contributed by atoms with Gasteiger partial charge in [0.15, 0.2) is 0 Å². The van der Waals surface area contributed by atoms with E-state index in [1.165, 1.54) is 0 Å². The fraction of sp³-hybridized carbons (Fsp3) is 0.333. The summed E-state index contributed by atoms with van der Waals surface area (Å²) in [6, 6.07) is 19.0. The lowest BCUT2D eigenvalue weighted by Gasteiger charge is -2.44. The molecule has 0 N–H and O–H groups in total. The standard InChI is InChI=1S/C21H24N2O2/c1-15(18-10-6-4-7-11-18)22-14-20(24)23(17(3)21(22)25)16(2)19-12-8-5-9-13-19/h4-13,15-17H,14H2,1-3H3/t15-,16-,17+/m0/s1. The van der Waals surface area contributed by atoms with Crippen LogP contribution in [0.5, 0.6) is 0 Å². The molecular weight excluding hydrogens is 312 g/mol. The summed E-state index contributed by atoms with van der Waals surface area (Å²) in [7, 11) is 0. The molecule has 1 fully saturated rings. The summed E-state index contributed by atoms with van der Waals surface area (Å²) in [5, 5.41) is 0. The van der Waals surface area contributed by atoms with Gasteiger partial charge in [-0.1, -0.05) is 60.7 Å². The highest BCUT2D eigenvalue weighted by molar-refractivity contribution is 5.95. The Hall–Kier alpha value is -2.62. The Morgan fingerprint density at radius 2 is 1.32 bits per heavy atom. The van der Waals surface area contributed by atoms with Gasteiger partial charge in [0.1, 0.15) is 12.6 Å². The number of carbonyl (C=O) groups excluding carboxylic acids is 2. The van der Waals surface area contributed by atoms with E-state index >= 15 is 0 Å². The average Bonchev–Trinajstić information content (AvgIpc) is 2.65. The first-order valence-corrected chi connectivity index (χ1v) is 8.72. The van der Waals surface area contributed by atoms with Crippen LogP contribution < -0.4 is 0 Å². The molecule has 0 aliphatic carbocycles. The molecule has 0 saturated carbocycles. The number of benzene rings is 2. The number of rotatable bonds is 4. The average molecular weight is 336 g/mol. The summed E-state index contributed by atoms with van der Waals surface area (Å²) in [4.78, 5) is 29.2. The normalized spacial score (nSPS) is 20.5. The van der Waals surface area contributed by atoms with Crippen LogP contribution in [0.2, 0.25) is 0 Å². The smallest absolute Gasteiger partial charge is 0.246 e. The van der Waals surface area contributed by atoms with Crippen molar-refractivity contribution in [3.8, 4) is 0 Å². The second-order valence-corrected chi connectivity index (χ2v) is 6.62. The van der Waals surface area contributed by atoms with E-state index in [4.69, 9.17) is 0 Å². The predicted molar refractivity (Wildman–Crippen MR) is 97.7 cm³/mol. The summed E-state index contributed by atoms with van der Waals surface area (Å²) < 4.78 is 0. The van der Waals surface area contributed by atoms with Crippen molar-refractivity contribution in [1.29, 1.82) is 0 Å². The lowest BCUT2D eigenvalue weighted by molar-refractivity contribution is -0.159. The summed E-state index contributed by atoms with van der Waals surface area (Å²) in [5.74, 6) is -0.00929. The van der Waals surface area contributed by atoms with Crippen molar-refractivity contribution in [3.63, 3.8) is 0 Å². The van der Waals surface area contributed by atoms with E-state index in [0.717, 1.165) is 11.1 Å². The van der Waals surface area contributed by atoms with Gasteiger partial charge in [0.05, 0.1) is 12.1 Å². The number of piperazine rings is 1. The van der Waals surface area contributed by atoms with Crippen LogP contribution in [-0.2, 0) is 9.59 Å². The number of nitrogens with zero attached hydrogens (tertiary/aromatic N) is 2. The maximum Gasteiger partial charge on any atom is 0.246 e. The van der Waals surface area contributed by atoms with Crippen LogP contribution in [0.3, 0.4) is 0 Å². The molecule has 2 aromatic carbocycles. The Balaban J connectivity index is 1.82. The van der Waals surface area contributed by atoms with Gasteiger partial charge in [-0.2, -0.15) is 0 Å². The van der Waals surface area contributed by atoms with Gasteiger partial charge in [-0.05, 0) is 31.9 Å². The van der Waals surface area contributed by atoms with Crippen LogP contribution in [-0.4, -0.2) is 34.2 Å². The molecule has 1 saturated heterocycles. The highest BCUT2D eigenvalue weighted by atomic mass is 16.2. The molecule has 0 aromatic heterocycles. The van der Waals surface area contributed by atoms with Crippen molar-refractivity contribution in [2.24, 2.45) is 0 Å². The zero-order valence-electron chi connectivity index (χ0n) is 14.9. The van der Waals surface area contributed by atoms with E-state index in [2.05, 4.69) is 0 Å². The minimum atomic E-state index is -0.470. The van der Waals surface area contributed by atoms with Crippen LogP contribution in [0.15, 0.2) is 60.7 Å². The molecule has 4 heteroatoms. The molecule has 0 radical (unpaired) electrons. The molecule has 1 aliphatic heterocycles. The predicted octanol–water partition coefficient (Wildman–Crippen LogP) is 3.57. The largest absolute Gasteiger partial charge is 0.325 e. The Bertz CT molecular complexity index is 745. The second kappa shape index (κ2) is 7.09. The molecule has 4 nitrogen and oxygen atoms in total. The monoisotopic (exact) mass is 336 g/mol. The van der Waals surface area contributed by atoms with Gasteiger partial charge in [-0.3, -0.25) is 9.59 Å². The van der Waals surface area contributed by atoms with Crippen LogP contribution in [0.4, 0.5) is 0 Å². The third kappa shape index (κ3) is 3.29. The minimum absolute atomic E-state index is 0.00117. The molecule has 3 atom stereocenters. The van der Waals surface area contributed by atoms with Crippen molar-refractivity contribution in [1.82, 2.24) is 9.80 Å². The SMILES string of the molecule is C[C@@H]1C(=O)N([C@@H](C)c2ccccc2)CC(=O)N1[C@@H](C)c1ccccc1. The lowest BCUT2D eigenvalue weighted by Crippen LogP contribution is -2.59. The van der Waals surface area contributed by atoms with Gasteiger partial charge in [0, 0.05) is 0 Å². The maximum atomic E-state index is 13.0. The van der Waals surface area contributed by atoms with Gasteiger partial charge in [-0.15, -0.1) is 0 Å². The topological polar surface area (TPSA) is 40.6 Å². The molecule has 0 spiro atoms. The Morgan fingerprint density at radius 3 is 1.84 bits per heavy atom. The van der Waals surface area contributed by atoms with Gasteiger partial charge in [-0.25, -0.2) is 0 Å². The van der Waals surface area contributed by atoms with Crippen LogP contribution >= 0.6 is 0 Å². The molecular formula is C21H24N2O2. The maximum absolute atomic E-state index is 13.0. The molecule has 130 valence electrons.